The average molecular weight is 215 g/mol. The minimum Gasteiger partial charge on any atom is -0.499 e. The lowest BCUT2D eigenvalue weighted by molar-refractivity contribution is 0.0344. The van der Waals surface area contributed by atoms with E-state index >= 15 is 0 Å². The Morgan fingerprint density at radius 2 is 1.93 bits per heavy atom. The number of nitrogens with zero attached hydrogens (tertiary/aromatic N) is 1. The van der Waals surface area contributed by atoms with Crippen molar-refractivity contribution >= 4 is 0 Å². The summed E-state index contributed by atoms with van der Waals surface area (Å²) in [7, 11) is 0. The second-order valence-electron chi connectivity index (χ2n) is 3.36. The van der Waals surface area contributed by atoms with E-state index in [4.69, 9.17) is 9.47 Å². The Kier molecular flexibility index (Phi) is 9.63. The van der Waals surface area contributed by atoms with Crippen molar-refractivity contribution in [1.82, 2.24) is 4.90 Å². The summed E-state index contributed by atoms with van der Waals surface area (Å²) in [6.45, 7) is 15.3. The highest BCUT2D eigenvalue weighted by Gasteiger charge is 2.08. The van der Waals surface area contributed by atoms with Gasteiger partial charge in [0.15, 0.2) is 0 Å². The quantitative estimate of drug-likeness (QED) is 0.519. The van der Waals surface area contributed by atoms with Crippen LogP contribution in [0.25, 0.3) is 0 Å². The zero-order valence-corrected chi connectivity index (χ0v) is 10.4. The molecule has 3 nitrogen and oxygen atoms in total. The first kappa shape index (κ1) is 14.5. The third-order valence-electron chi connectivity index (χ3n) is 2.07. The second-order valence-corrected chi connectivity index (χ2v) is 3.36. The molecule has 1 heterocycles. The Morgan fingerprint density at radius 1 is 1.33 bits per heavy atom. The summed E-state index contributed by atoms with van der Waals surface area (Å²) in [4.78, 5) is 2.41. The van der Waals surface area contributed by atoms with Crippen LogP contribution in [0, 0.1) is 0 Å². The smallest absolute Gasteiger partial charge is 0.0889 e. The van der Waals surface area contributed by atoms with Crippen molar-refractivity contribution in [2.24, 2.45) is 0 Å². The monoisotopic (exact) mass is 215 g/mol. The van der Waals surface area contributed by atoms with Crippen molar-refractivity contribution in [1.29, 1.82) is 0 Å². The molecule has 0 bridgehead atoms. The molecular formula is C12H25NO2. The average Bonchev–Trinajstić information content (AvgIpc) is 2.28. The van der Waals surface area contributed by atoms with Gasteiger partial charge in [-0.15, -0.1) is 0 Å². The molecule has 0 aromatic rings. The van der Waals surface area contributed by atoms with Crippen LogP contribution in [0.2, 0.25) is 0 Å². The Labute approximate surface area is 94.1 Å². The maximum Gasteiger partial charge on any atom is 0.0889 e. The van der Waals surface area contributed by atoms with Gasteiger partial charge in [0.1, 0.15) is 0 Å². The van der Waals surface area contributed by atoms with Crippen molar-refractivity contribution < 1.29 is 9.47 Å². The highest BCUT2D eigenvalue weighted by molar-refractivity contribution is 4.73. The van der Waals surface area contributed by atoms with Crippen LogP contribution in [0.15, 0.2) is 12.3 Å². The fraction of sp³-hybridized carbons (Fsp3) is 0.833. The normalized spacial score (nSPS) is 16.5. The summed E-state index contributed by atoms with van der Waals surface area (Å²) < 4.78 is 10.5. The van der Waals surface area contributed by atoms with Crippen LogP contribution >= 0.6 is 0 Å². The zero-order chi connectivity index (χ0) is 11.5. The van der Waals surface area contributed by atoms with E-state index in [0.29, 0.717) is 0 Å². The largest absolute Gasteiger partial charge is 0.499 e. The van der Waals surface area contributed by atoms with Crippen LogP contribution in [0.3, 0.4) is 0 Å². The van der Waals surface area contributed by atoms with Crippen LogP contribution in [0.1, 0.15) is 27.2 Å². The van der Waals surface area contributed by atoms with Crippen LogP contribution < -0.4 is 0 Å². The van der Waals surface area contributed by atoms with E-state index in [-0.39, 0.29) is 0 Å². The molecule has 90 valence electrons. The molecule has 0 atom stereocenters. The van der Waals surface area contributed by atoms with E-state index in [1.165, 1.54) is 0 Å². The molecule has 0 amide bonds. The number of hydrogen-bond acceptors (Lipinski definition) is 3. The van der Waals surface area contributed by atoms with Gasteiger partial charge in [-0.2, -0.15) is 0 Å². The van der Waals surface area contributed by atoms with E-state index in [9.17, 15) is 0 Å². The molecule has 0 unspecified atom stereocenters. The fourth-order valence-corrected chi connectivity index (χ4v) is 1.36. The van der Waals surface area contributed by atoms with E-state index in [2.05, 4.69) is 11.5 Å². The van der Waals surface area contributed by atoms with Crippen LogP contribution in [0.4, 0.5) is 0 Å². The Bertz CT molecular complexity index is 154. The van der Waals surface area contributed by atoms with Gasteiger partial charge < -0.3 is 9.47 Å². The van der Waals surface area contributed by atoms with E-state index in [1.807, 2.05) is 20.8 Å². The van der Waals surface area contributed by atoms with E-state index in [0.717, 1.165) is 51.6 Å². The standard InChI is InChI=1S/C10H19NO2.C2H6/c1-10(2)13-7-3-4-11-5-8-12-9-6-11;1-2/h1,3-9H2,2H3;1-2H3. The zero-order valence-electron chi connectivity index (χ0n) is 10.4. The number of ether oxygens (including phenoxy) is 2. The molecule has 3 heteroatoms. The molecule has 1 aliphatic rings. The summed E-state index contributed by atoms with van der Waals surface area (Å²) in [5, 5.41) is 0. The molecule has 0 radical (unpaired) electrons. The van der Waals surface area contributed by atoms with E-state index < -0.39 is 0 Å². The minimum absolute atomic E-state index is 0.784. The Morgan fingerprint density at radius 3 is 2.47 bits per heavy atom. The molecule has 1 rings (SSSR count). The maximum atomic E-state index is 5.28. The molecule has 15 heavy (non-hydrogen) atoms. The van der Waals surface area contributed by atoms with Gasteiger partial charge in [0, 0.05) is 19.6 Å². The summed E-state index contributed by atoms with van der Waals surface area (Å²) >= 11 is 0. The molecule has 1 fully saturated rings. The lowest BCUT2D eigenvalue weighted by Crippen LogP contribution is -2.37. The first-order valence-corrected chi connectivity index (χ1v) is 5.87. The number of morpholine rings is 1. The van der Waals surface area contributed by atoms with Crippen molar-refractivity contribution in [3.8, 4) is 0 Å². The van der Waals surface area contributed by atoms with Crippen molar-refractivity contribution in [2.75, 3.05) is 39.5 Å². The van der Waals surface area contributed by atoms with Crippen LogP contribution in [-0.2, 0) is 9.47 Å². The molecule has 0 N–H and O–H groups in total. The van der Waals surface area contributed by atoms with Gasteiger partial charge in [0.25, 0.3) is 0 Å². The molecule has 0 spiro atoms. The van der Waals surface area contributed by atoms with Gasteiger partial charge in [0.05, 0.1) is 25.6 Å². The van der Waals surface area contributed by atoms with Gasteiger partial charge in [-0.1, -0.05) is 20.4 Å². The molecule has 1 saturated heterocycles. The summed E-state index contributed by atoms with van der Waals surface area (Å²) in [6.07, 6.45) is 1.08. The minimum atomic E-state index is 0.784. The van der Waals surface area contributed by atoms with Crippen LogP contribution in [0.5, 0.6) is 0 Å². The highest BCUT2D eigenvalue weighted by Crippen LogP contribution is 1.99. The van der Waals surface area contributed by atoms with Gasteiger partial charge in [-0.05, 0) is 13.3 Å². The maximum absolute atomic E-state index is 5.28. The van der Waals surface area contributed by atoms with Crippen LogP contribution in [-0.4, -0.2) is 44.4 Å². The SMILES string of the molecule is C=C(C)OCCCN1CCOCC1.CC. The molecule has 0 aromatic carbocycles. The van der Waals surface area contributed by atoms with E-state index in [1.54, 1.807) is 0 Å². The number of rotatable bonds is 5. The third kappa shape index (κ3) is 8.45. The first-order valence-electron chi connectivity index (χ1n) is 5.87. The first-order chi connectivity index (χ1) is 7.29. The summed E-state index contributed by atoms with van der Waals surface area (Å²) in [5.74, 6) is 0.807. The number of hydrogen-bond donors (Lipinski definition) is 0. The van der Waals surface area contributed by atoms with Gasteiger partial charge in [0.2, 0.25) is 0 Å². The predicted molar refractivity (Wildman–Crippen MR) is 64.0 cm³/mol. The van der Waals surface area contributed by atoms with Crippen molar-refractivity contribution in [3.05, 3.63) is 12.3 Å². The molecule has 0 aliphatic carbocycles. The van der Waals surface area contributed by atoms with Gasteiger partial charge in [-0.25, -0.2) is 0 Å². The van der Waals surface area contributed by atoms with Gasteiger partial charge in [-0.3, -0.25) is 4.90 Å². The fourth-order valence-electron chi connectivity index (χ4n) is 1.36. The summed E-state index contributed by atoms with van der Waals surface area (Å²) in [6, 6.07) is 0. The third-order valence-corrected chi connectivity index (χ3v) is 2.07. The van der Waals surface area contributed by atoms with Crippen molar-refractivity contribution in [2.45, 2.75) is 27.2 Å². The molecule has 0 saturated carbocycles. The molecule has 1 aliphatic heterocycles. The Hall–Kier alpha value is -0.540. The topological polar surface area (TPSA) is 21.7 Å². The number of allylic oxidation sites excluding steroid dienone is 1. The van der Waals surface area contributed by atoms with Crippen molar-refractivity contribution in [3.63, 3.8) is 0 Å². The predicted octanol–water partition coefficient (Wildman–Crippen LogP) is 2.29. The molecular weight excluding hydrogens is 190 g/mol. The second kappa shape index (κ2) is 9.99. The summed E-state index contributed by atoms with van der Waals surface area (Å²) in [5.41, 5.74) is 0. The highest BCUT2D eigenvalue weighted by atomic mass is 16.5. The lowest BCUT2D eigenvalue weighted by atomic mass is 10.3. The lowest BCUT2D eigenvalue weighted by Gasteiger charge is -2.26. The Balaban J connectivity index is 0.000000921. The van der Waals surface area contributed by atoms with Gasteiger partial charge >= 0.3 is 0 Å². The molecule has 0 aromatic heterocycles.